The van der Waals surface area contributed by atoms with Crippen LogP contribution in [-0.2, 0) is 0 Å². The first kappa shape index (κ1) is 13.3. The van der Waals surface area contributed by atoms with E-state index < -0.39 is 0 Å². The summed E-state index contributed by atoms with van der Waals surface area (Å²) in [6, 6.07) is 0.554. The summed E-state index contributed by atoms with van der Waals surface area (Å²) in [5.74, 6) is 0. The molecular formula is C12H25N3O. The molecule has 0 aliphatic heterocycles. The Balaban J connectivity index is 2.05. The van der Waals surface area contributed by atoms with Crippen LogP contribution in [0.4, 0.5) is 4.79 Å². The molecule has 0 aromatic carbocycles. The Morgan fingerprint density at radius 3 is 2.69 bits per heavy atom. The molecule has 16 heavy (non-hydrogen) atoms. The molecule has 0 bridgehead atoms. The topological polar surface area (TPSA) is 67.1 Å². The van der Waals surface area contributed by atoms with E-state index in [-0.39, 0.29) is 12.1 Å². The van der Waals surface area contributed by atoms with Crippen molar-refractivity contribution in [2.45, 2.75) is 64.0 Å². The fraction of sp³-hybridized carbons (Fsp3) is 0.917. The van der Waals surface area contributed by atoms with Crippen molar-refractivity contribution in [1.29, 1.82) is 0 Å². The molecule has 4 N–H and O–H groups in total. The maximum atomic E-state index is 11.5. The van der Waals surface area contributed by atoms with Crippen LogP contribution in [0, 0.1) is 0 Å². The van der Waals surface area contributed by atoms with Crippen LogP contribution in [-0.4, -0.2) is 24.7 Å². The molecular weight excluding hydrogens is 202 g/mol. The molecule has 1 atom stereocenters. The first-order valence-electron chi connectivity index (χ1n) is 6.52. The van der Waals surface area contributed by atoms with Crippen LogP contribution in [0.5, 0.6) is 0 Å². The van der Waals surface area contributed by atoms with Crippen LogP contribution in [0.2, 0.25) is 0 Å². The Bertz CT molecular complexity index is 202. The van der Waals surface area contributed by atoms with Crippen molar-refractivity contribution in [3.63, 3.8) is 0 Å². The first-order valence-corrected chi connectivity index (χ1v) is 6.52. The molecule has 1 fully saturated rings. The molecule has 94 valence electrons. The van der Waals surface area contributed by atoms with Gasteiger partial charge in [0.1, 0.15) is 0 Å². The minimum absolute atomic E-state index is 0.0322. The van der Waals surface area contributed by atoms with Gasteiger partial charge in [0.2, 0.25) is 0 Å². The van der Waals surface area contributed by atoms with Gasteiger partial charge in [0.05, 0.1) is 0 Å². The van der Waals surface area contributed by atoms with Crippen molar-refractivity contribution in [2.24, 2.45) is 5.73 Å². The molecule has 0 aromatic heterocycles. The van der Waals surface area contributed by atoms with Crippen LogP contribution in [0.25, 0.3) is 0 Å². The fourth-order valence-corrected chi connectivity index (χ4v) is 2.06. The first-order chi connectivity index (χ1) is 7.72. The summed E-state index contributed by atoms with van der Waals surface area (Å²) in [5.41, 5.74) is 5.77. The zero-order valence-corrected chi connectivity index (χ0v) is 10.3. The zero-order valence-electron chi connectivity index (χ0n) is 10.3. The molecule has 2 amide bonds. The van der Waals surface area contributed by atoms with Gasteiger partial charge in [-0.05, 0) is 25.7 Å². The maximum Gasteiger partial charge on any atom is 0.315 e. The summed E-state index contributed by atoms with van der Waals surface area (Å²) < 4.78 is 0. The van der Waals surface area contributed by atoms with Crippen LogP contribution in [0.15, 0.2) is 0 Å². The van der Waals surface area contributed by atoms with E-state index in [9.17, 15) is 4.79 Å². The van der Waals surface area contributed by atoms with E-state index in [1.807, 2.05) is 0 Å². The Morgan fingerprint density at radius 2 is 2.06 bits per heavy atom. The number of carbonyl (C=O) groups is 1. The van der Waals surface area contributed by atoms with Gasteiger partial charge in [-0.1, -0.05) is 26.2 Å². The molecule has 1 saturated carbocycles. The third-order valence-corrected chi connectivity index (χ3v) is 3.27. The van der Waals surface area contributed by atoms with E-state index in [1.54, 1.807) is 0 Å². The lowest BCUT2D eigenvalue weighted by Crippen LogP contribution is -2.43. The van der Waals surface area contributed by atoms with Gasteiger partial charge in [-0.15, -0.1) is 0 Å². The lowest BCUT2D eigenvalue weighted by Gasteiger charge is -2.23. The summed E-state index contributed by atoms with van der Waals surface area (Å²) >= 11 is 0. The number of amides is 2. The van der Waals surface area contributed by atoms with Gasteiger partial charge in [0.15, 0.2) is 0 Å². The Hall–Kier alpha value is -0.770. The SMILES string of the molecule is CCC(N)CCNC(=O)NC1CCCCC1. The summed E-state index contributed by atoms with van der Waals surface area (Å²) in [4.78, 5) is 11.5. The second-order valence-corrected chi connectivity index (χ2v) is 4.69. The normalized spacial score (nSPS) is 19.1. The van der Waals surface area contributed by atoms with Crippen LogP contribution >= 0.6 is 0 Å². The largest absolute Gasteiger partial charge is 0.338 e. The van der Waals surface area contributed by atoms with E-state index >= 15 is 0 Å². The molecule has 1 aliphatic carbocycles. The van der Waals surface area contributed by atoms with Crippen LogP contribution in [0.3, 0.4) is 0 Å². The standard InChI is InChI=1S/C12H25N3O/c1-2-10(13)8-9-14-12(16)15-11-6-4-3-5-7-11/h10-11H,2-9,13H2,1H3,(H2,14,15,16). The van der Waals surface area contributed by atoms with Crippen molar-refractivity contribution in [3.05, 3.63) is 0 Å². The fourth-order valence-electron chi connectivity index (χ4n) is 2.06. The number of urea groups is 1. The van der Waals surface area contributed by atoms with Gasteiger partial charge in [0, 0.05) is 18.6 Å². The molecule has 4 heteroatoms. The van der Waals surface area contributed by atoms with Crippen molar-refractivity contribution < 1.29 is 4.79 Å². The third kappa shape index (κ3) is 5.35. The van der Waals surface area contributed by atoms with Crippen LogP contribution in [0.1, 0.15) is 51.9 Å². The lowest BCUT2D eigenvalue weighted by molar-refractivity contribution is 0.232. The molecule has 1 aliphatic rings. The molecule has 0 heterocycles. The molecule has 4 nitrogen and oxygen atoms in total. The molecule has 1 rings (SSSR count). The van der Waals surface area contributed by atoms with E-state index in [1.165, 1.54) is 19.3 Å². The van der Waals surface area contributed by atoms with Gasteiger partial charge >= 0.3 is 6.03 Å². The number of nitrogens with two attached hydrogens (primary N) is 1. The summed E-state index contributed by atoms with van der Waals surface area (Å²) in [6.45, 7) is 2.74. The smallest absolute Gasteiger partial charge is 0.315 e. The highest BCUT2D eigenvalue weighted by Gasteiger charge is 2.15. The highest BCUT2D eigenvalue weighted by atomic mass is 16.2. The van der Waals surface area contributed by atoms with Crippen molar-refractivity contribution in [1.82, 2.24) is 10.6 Å². The van der Waals surface area contributed by atoms with Gasteiger partial charge in [-0.2, -0.15) is 0 Å². The quantitative estimate of drug-likeness (QED) is 0.670. The summed E-state index contributed by atoms with van der Waals surface area (Å²) in [5, 5.41) is 5.88. The molecule has 0 radical (unpaired) electrons. The van der Waals surface area contributed by atoms with E-state index in [4.69, 9.17) is 5.73 Å². The Morgan fingerprint density at radius 1 is 1.38 bits per heavy atom. The van der Waals surface area contributed by atoms with Gasteiger partial charge in [-0.3, -0.25) is 0 Å². The van der Waals surface area contributed by atoms with E-state index in [0.717, 1.165) is 25.7 Å². The lowest BCUT2D eigenvalue weighted by atomic mass is 9.96. The molecule has 0 spiro atoms. The predicted octanol–water partition coefficient (Wildman–Crippen LogP) is 1.75. The number of nitrogens with one attached hydrogen (secondary N) is 2. The highest BCUT2D eigenvalue weighted by molar-refractivity contribution is 5.74. The van der Waals surface area contributed by atoms with Crippen LogP contribution < -0.4 is 16.4 Å². The average molecular weight is 227 g/mol. The molecule has 1 unspecified atom stereocenters. The van der Waals surface area contributed by atoms with E-state index in [0.29, 0.717) is 12.6 Å². The van der Waals surface area contributed by atoms with Crippen molar-refractivity contribution >= 4 is 6.03 Å². The van der Waals surface area contributed by atoms with Gasteiger partial charge < -0.3 is 16.4 Å². The monoisotopic (exact) mass is 227 g/mol. The predicted molar refractivity (Wildman–Crippen MR) is 66.3 cm³/mol. The minimum Gasteiger partial charge on any atom is -0.338 e. The second-order valence-electron chi connectivity index (χ2n) is 4.69. The maximum absolute atomic E-state index is 11.5. The average Bonchev–Trinajstić information content (AvgIpc) is 2.30. The number of hydrogen-bond acceptors (Lipinski definition) is 2. The van der Waals surface area contributed by atoms with Crippen molar-refractivity contribution in [3.8, 4) is 0 Å². The molecule has 0 saturated heterocycles. The third-order valence-electron chi connectivity index (χ3n) is 3.27. The Labute approximate surface area is 98.3 Å². The summed E-state index contributed by atoms with van der Waals surface area (Å²) in [6.07, 6.45) is 7.87. The van der Waals surface area contributed by atoms with E-state index in [2.05, 4.69) is 17.6 Å². The Kier molecular flexibility index (Phi) is 6.23. The second kappa shape index (κ2) is 7.49. The summed E-state index contributed by atoms with van der Waals surface area (Å²) in [7, 11) is 0. The highest BCUT2D eigenvalue weighted by Crippen LogP contribution is 2.16. The minimum atomic E-state index is -0.0322. The zero-order chi connectivity index (χ0) is 11.8. The van der Waals surface area contributed by atoms with Gasteiger partial charge in [-0.25, -0.2) is 4.79 Å². The van der Waals surface area contributed by atoms with Crippen molar-refractivity contribution in [2.75, 3.05) is 6.54 Å². The number of hydrogen-bond donors (Lipinski definition) is 3. The van der Waals surface area contributed by atoms with Gasteiger partial charge in [0.25, 0.3) is 0 Å². The number of rotatable bonds is 5. The molecule has 0 aromatic rings. The number of carbonyl (C=O) groups excluding carboxylic acids is 1.